The number of benzene rings is 1. The van der Waals surface area contributed by atoms with Crippen molar-refractivity contribution in [2.45, 2.75) is 6.54 Å². The smallest absolute Gasteiger partial charge is 0.304 e. The fourth-order valence-electron chi connectivity index (χ4n) is 1.73. The second kappa shape index (κ2) is 5.09. The number of carbonyl (C=O) groups excluding carboxylic acids is 1. The van der Waals surface area contributed by atoms with Gasteiger partial charge in [0.1, 0.15) is 6.61 Å². The molecule has 1 saturated heterocycles. The molecule has 1 aromatic carbocycles. The average molecular weight is 254 g/mol. The van der Waals surface area contributed by atoms with Crippen molar-refractivity contribution in [2.24, 2.45) is 0 Å². The average Bonchev–Trinajstić information content (AvgIpc) is 2.32. The third-order valence-electron chi connectivity index (χ3n) is 2.67. The van der Waals surface area contributed by atoms with Crippen LogP contribution < -0.4 is 0 Å². The van der Waals surface area contributed by atoms with Gasteiger partial charge >= 0.3 is 5.69 Å². The molecule has 18 heavy (non-hydrogen) atoms. The number of hydrogen-bond acceptors (Lipinski definition) is 4. The van der Waals surface area contributed by atoms with Crippen LogP contribution >= 0.6 is 0 Å². The van der Waals surface area contributed by atoms with Crippen LogP contribution in [0.1, 0.15) is 5.56 Å². The minimum Gasteiger partial charge on any atom is -0.370 e. The van der Waals surface area contributed by atoms with Crippen LogP contribution in [0.25, 0.3) is 0 Å². The van der Waals surface area contributed by atoms with Crippen molar-refractivity contribution in [1.82, 2.24) is 4.90 Å². The van der Waals surface area contributed by atoms with Crippen LogP contribution in [0.2, 0.25) is 0 Å². The highest BCUT2D eigenvalue weighted by Gasteiger charge is 2.20. The monoisotopic (exact) mass is 254 g/mol. The van der Waals surface area contributed by atoms with E-state index in [-0.39, 0.29) is 19.1 Å². The van der Waals surface area contributed by atoms with Gasteiger partial charge in [0, 0.05) is 19.2 Å². The van der Waals surface area contributed by atoms with E-state index in [0.717, 1.165) is 12.1 Å². The Balaban J connectivity index is 2.12. The molecule has 96 valence electrons. The van der Waals surface area contributed by atoms with E-state index >= 15 is 0 Å². The van der Waals surface area contributed by atoms with Gasteiger partial charge in [-0.1, -0.05) is 6.07 Å². The number of carbonyl (C=O) groups is 1. The normalized spacial score (nSPS) is 15.8. The highest BCUT2D eigenvalue weighted by atomic mass is 19.1. The lowest BCUT2D eigenvalue weighted by molar-refractivity contribution is -0.387. The van der Waals surface area contributed by atoms with Crippen LogP contribution in [0.5, 0.6) is 0 Å². The summed E-state index contributed by atoms with van der Waals surface area (Å²) in [5.41, 5.74) is -0.0413. The summed E-state index contributed by atoms with van der Waals surface area (Å²) in [6.07, 6.45) is 0. The Morgan fingerprint density at radius 1 is 1.50 bits per heavy atom. The van der Waals surface area contributed by atoms with E-state index in [1.807, 2.05) is 0 Å². The topological polar surface area (TPSA) is 72.7 Å². The first-order valence-electron chi connectivity index (χ1n) is 5.36. The lowest BCUT2D eigenvalue weighted by Gasteiger charge is -2.26. The molecule has 0 unspecified atom stereocenters. The molecule has 1 heterocycles. The van der Waals surface area contributed by atoms with Crippen molar-refractivity contribution in [1.29, 1.82) is 0 Å². The quantitative estimate of drug-likeness (QED) is 0.598. The molecule has 2 rings (SSSR count). The summed E-state index contributed by atoms with van der Waals surface area (Å²) in [4.78, 5) is 22.7. The van der Waals surface area contributed by atoms with Crippen molar-refractivity contribution in [3.8, 4) is 0 Å². The molecule has 1 fully saturated rings. The lowest BCUT2D eigenvalue weighted by Crippen LogP contribution is -2.40. The zero-order chi connectivity index (χ0) is 13.1. The third kappa shape index (κ3) is 2.62. The molecule has 0 atom stereocenters. The number of morpholine rings is 1. The Morgan fingerprint density at radius 2 is 2.28 bits per heavy atom. The van der Waals surface area contributed by atoms with Gasteiger partial charge in [-0.25, -0.2) is 0 Å². The molecular formula is C11H11FN2O4. The minimum absolute atomic E-state index is 0.0233. The highest BCUT2D eigenvalue weighted by Crippen LogP contribution is 2.19. The third-order valence-corrected chi connectivity index (χ3v) is 2.67. The number of nitro benzene ring substituents is 1. The molecule has 6 nitrogen and oxygen atoms in total. The molecule has 7 heteroatoms. The van der Waals surface area contributed by atoms with Crippen LogP contribution in [-0.2, 0) is 16.1 Å². The molecule has 0 saturated carbocycles. The van der Waals surface area contributed by atoms with Crippen molar-refractivity contribution in [2.75, 3.05) is 19.8 Å². The van der Waals surface area contributed by atoms with Gasteiger partial charge in [0.2, 0.25) is 11.7 Å². The maximum atomic E-state index is 13.4. The van der Waals surface area contributed by atoms with Gasteiger partial charge in [0.25, 0.3) is 0 Å². The summed E-state index contributed by atoms with van der Waals surface area (Å²) in [5, 5.41) is 10.5. The number of amides is 1. The number of rotatable bonds is 3. The molecular weight excluding hydrogens is 243 g/mol. The van der Waals surface area contributed by atoms with Crippen molar-refractivity contribution in [3.63, 3.8) is 0 Å². The van der Waals surface area contributed by atoms with Crippen molar-refractivity contribution < 1.29 is 18.8 Å². The summed E-state index contributed by atoms with van der Waals surface area (Å²) in [6, 6.07) is 3.64. The first-order chi connectivity index (χ1) is 8.58. The molecule has 0 aliphatic carbocycles. The predicted molar refractivity (Wildman–Crippen MR) is 59.3 cm³/mol. The number of ether oxygens (including phenoxy) is 1. The van der Waals surface area contributed by atoms with Gasteiger partial charge in [-0.2, -0.15) is 4.39 Å². The van der Waals surface area contributed by atoms with Crippen LogP contribution in [-0.4, -0.2) is 35.5 Å². The Bertz CT molecular complexity index is 492. The Hall–Kier alpha value is -2.02. The van der Waals surface area contributed by atoms with Crippen LogP contribution in [0.15, 0.2) is 18.2 Å². The van der Waals surface area contributed by atoms with Crippen LogP contribution in [0.3, 0.4) is 0 Å². The second-order valence-corrected chi connectivity index (χ2v) is 3.91. The Kier molecular flexibility index (Phi) is 3.52. The molecule has 0 aromatic heterocycles. The first-order valence-corrected chi connectivity index (χ1v) is 5.36. The van der Waals surface area contributed by atoms with E-state index in [9.17, 15) is 19.3 Å². The van der Waals surface area contributed by atoms with Gasteiger partial charge in [0.05, 0.1) is 11.5 Å². The summed E-state index contributed by atoms with van der Waals surface area (Å²) < 4.78 is 18.4. The molecule has 0 bridgehead atoms. The van der Waals surface area contributed by atoms with E-state index in [1.54, 1.807) is 0 Å². The summed E-state index contributed by atoms with van der Waals surface area (Å²) >= 11 is 0. The van der Waals surface area contributed by atoms with Gasteiger partial charge < -0.3 is 9.64 Å². The molecule has 1 amide bonds. The summed E-state index contributed by atoms with van der Waals surface area (Å²) in [7, 11) is 0. The van der Waals surface area contributed by atoms with Crippen LogP contribution in [0, 0.1) is 15.9 Å². The minimum atomic E-state index is -0.891. The van der Waals surface area contributed by atoms with E-state index in [0.29, 0.717) is 18.7 Å². The Labute approximate surface area is 102 Å². The molecule has 1 aliphatic rings. The van der Waals surface area contributed by atoms with Gasteiger partial charge in [-0.3, -0.25) is 14.9 Å². The van der Waals surface area contributed by atoms with Crippen molar-refractivity contribution >= 4 is 11.6 Å². The molecule has 0 spiro atoms. The number of hydrogen-bond donors (Lipinski definition) is 0. The predicted octanol–water partition coefficient (Wildman–Crippen LogP) is 1.09. The summed E-state index contributed by atoms with van der Waals surface area (Å²) in [5.74, 6) is -1.06. The zero-order valence-corrected chi connectivity index (χ0v) is 9.47. The fourth-order valence-corrected chi connectivity index (χ4v) is 1.73. The van der Waals surface area contributed by atoms with Crippen molar-refractivity contribution in [3.05, 3.63) is 39.7 Å². The van der Waals surface area contributed by atoms with E-state index in [4.69, 9.17) is 4.74 Å². The van der Waals surface area contributed by atoms with Gasteiger partial charge in [0.15, 0.2) is 0 Å². The van der Waals surface area contributed by atoms with E-state index in [1.165, 1.54) is 11.0 Å². The summed E-state index contributed by atoms with van der Waals surface area (Å²) in [6.45, 7) is 1.14. The maximum Gasteiger partial charge on any atom is 0.304 e. The fraction of sp³-hybridized carbons (Fsp3) is 0.364. The SMILES string of the molecule is O=C1COCCN1Cc1ccc([N+](=O)[O-])c(F)c1. The molecule has 1 aliphatic heterocycles. The molecule has 0 radical (unpaired) electrons. The highest BCUT2D eigenvalue weighted by molar-refractivity contribution is 5.78. The lowest BCUT2D eigenvalue weighted by atomic mass is 10.2. The van der Waals surface area contributed by atoms with Gasteiger partial charge in [-0.15, -0.1) is 0 Å². The number of halogens is 1. The standard InChI is InChI=1S/C11H11FN2O4/c12-9-5-8(1-2-10(9)14(16)17)6-13-3-4-18-7-11(13)15/h1-2,5H,3-4,6-7H2. The largest absolute Gasteiger partial charge is 0.370 e. The zero-order valence-electron chi connectivity index (χ0n) is 9.47. The van der Waals surface area contributed by atoms with E-state index in [2.05, 4.69) is 0 Å². The second-order valence-electron chi connectivity index (χ2n) is 3.91. The number of nitrogens with zero attached hydrogens (tertiary/aromatic N) is 2. The van der Waals surface area contributed by atoms with Crippen LogP contribution in [0.4, 0.5) is 10.1 Å². The molecule has 0 N–H and O–H groups in total. The Morgan fingerprint density at radius 3 is 2.89 bits per heavy atom. The van der Waals surface area contributed by atoms with Gasteiger partial charge in [-0.05, 0) is 11.6 Å². The number of nitro groups is 1. The van der Waals surface area contributed by atoms with E-state index < -0.39 is 16.4 Å². The molecule has 1 aromatic rings. The maximum absolute atomic E-state index is 13.4. The first kappa shape index (κ1) is 12.4.